The van der Waals surface area contributed by atoms with Gasteiger partial charge in [0.15, 0.2) is 17.5 Å². The van der Waals surface area contributed by atoms with Crippen LogP contribution >= 0.6 is 0 Å². The summed E-state index contributed by atoms with van der Waals surface area (Å²) in [6, 6.07) is 69.9. The third kappa shape index (κ3) is 5.83. The molecule has 0 N–H and O–H groups in total. The van der Waals surface area contributed by atoms with Crippen molar-refractivity contribution in [3.05, 3.63) is 200 Å². The van der Waals surface area contributed by atoms with Crippen molar-refractivity contribution in [1.82, 2.24) is 15.0 Å². The van der Waals surface area contributed by atoms with E-state index in [4.69, 9.17) is 19.4 Å². The minimum absolute atomic E-state index is 0.581. The quantitative estimate of drug-likeness (QED) is 0.160. The molecule has 0 saturated carbocycles. The molecule has 9 aromatic carbocycles. The summed E-state index contributed by atoms with van der Waals surface area (Å²) in [5.41, 5.74) is 11.3. The third-order valence-corrected chi connectivity index (χ3v) is 10.9. The molecule has 0 fully saturated rings. The van der Waals surface area contributed by atoms with Crippen molar-refractivity contribution < 1.29 is 4.42 Å². The zero-order valence-corrected chi connectivity index (χ0v) is 30.8. The maximum Gasteiger partial charge on any atom is 0.164 e. The first-order valence-electron chi connectivity index (χ1n) is 19.2. The molecule has 0 saturated heterocycles. The number of nitrogens with zero attached hydrogens (tertiary/aromatic N) is 3. The van der Waals surface area contributed by atoms with Crippen LogP contribution in [0.3, 0.4) is 0 Å². The Labute approximate surface area is 329 Å². The lowest BCUT2D eigenvalue weighted by Crippen LogP contribution is -2.01. The Morgan fingerprint density at radius 3 is 1.63 bits per heavy atom. The van der Waals surface area contributed by atoms with Crippen molar-refractivity contribution in [3.63, 3.8) is 0 Å². The van der Waals surface area contributed by atoms with E-state index in [1.54, 1.807) is 0 Å². The molecule has 4 heteroatoms. The Kier molecular flexibility index (Phi) is 7.78. The zero-order chi connectivity index (χ0) is 37.7. The summed E-state index contributed by atoms with van der Waals surface area (Å²) >= 11 is 0. The molecule has 266 valence electrons. The minimum atomic E-state index is 0.581. The van der Waals surface area contributed by atoms with Gasteiger partial charge in [-0.2, -0.15) is 0 Å². The Morgan fingerprint density at radius 2 is 0.842 bits per heavy atom. The highest BCUT2D eigenvalue weighted by Crippen LogP contribution is 2.40. The van der Waals surface area contributed by atoms with Gasteiger partial charge in [0.25, 0.3) is 0 Å². The fourth-order valence-corrected chi connectivity index (χ4v) is 8.14. The second-order valence-electron chi connectivity index (χ2n) is 14.4. The standard InChI is InChI=1S/C53H33N3O/c1-3-13-34(14-4-1)36-25-27-37(28-26-36)51-54-52(56-53(55-51)47-32-40-17-7-8-20-42(40)44-21-9-10-22-45(44)47)41-29-30-46-49(33-41)57-48-24-12-23-43(50(46)48)39-19-11-18-38(31-39)35-15-5-2-6-16-35/h1-33H. The van der Waals surface area contributed by atoms with Gasteiger partial charge in [-0.1, -0.05) is 170 Å². The summed E-state index contributed by atoms with van der Waals surface area (Å²) in [5.74, 6) is 1.81. The Balaban J connectivity index is 1.07. The van der Waals surface area contributed by atoms with Gasteiger partial charge in [-0.15, -0.1) is 0 Å². The molecule has 11 rings (SSSR count). The highest BCUT2D eigenvalue weighted by atomic mass is 16.3. The molecule has 0 radical (unpaired) electrons. The van der Waals surface area contributed by atoms with Gasteiger partial charge in [0.2, 0.25) is 0 Å². The average Bonchev–Trinajstić information content (AvgIpc) is 3.68. The van der Waals surface area contributed by atoms with E-state index in [2.05, 4.69) is 182 Å². The van der Waals surface area contributed by atoms with Gasteiger partial charge < -0.3 is 4.42 Å². The van der Waals surface area contributed by atoms with Crippen LogP contribution in [-0.2, 0) is 0 Å². The van der Waals surface area contributed by atoms with Gasteiger partial charge in [0.1, 0.15) is 11.2 Å². The van der Waals surface area contributed by atoms with E-state index < -0.39 is 0 Å². The first-order chi connectivity index (χ1) is 28.2. The lowest BCUT2D eigenvalue weighted by Gasteiger charge is -2.12. The van der Waals surface area contributed by atoms with Crippen LogP contribution in [0.4, 0.5) is 0 Å². The molecule has 0 aliphatic carbocycles. The van der Waals surface area contributed by atoms with E-state index >= 15 is 0 Å². The van der Waals surface area contributed by atoms with Crippen molar-refractivity contribution in [3.8, 4) is 67.5 Å². The minimum Gasteiger partial charge on any atom is -0.456 e. The monoisotopic (exact) mass is 727 g/mol. The number of benzene rings is 9. The van der Waals surface area contributed by atoms with Crippen molar-refractivity contribution in [2.75, 3.05) is 0 Å². The lowest BCUT2D eigenvalue weighted by molar-refractivity contribution is 0.669. The maximum atomic E-state index is 6.61. The van der Waals surface area contributed by atoms with Crippen molar-refractivity contribution in [2.45, 2.75) is 0 Å². The van der Waals surface area contributed by atoms with Crippen LogP contribution < -0.4 is 0 Å². The van der Waals surface area contributed by atoms with Gasteiger partial charge in [-0.3, -0.25) is 0 Å². The van der Waals surface area contributed by atoms with Crippen LogP contribution in [0.25, 0.3) is 111 Å². The van der Waals surface area contributed by atoms with Crippen molar-refractivity contribution >= 4 is 43.5 Å². The van der Waals surface area contributed by atoms with E-state index in [-0.39, 0.29) is 0 Å². The molecule has 2 aromatic heterocycles. The molecule has 0 aliphatic heterocycles. The molecule has 0 spiro atoms. The average molecular weight is 728 g/mol. The molecule has 11 aromatic rings. The summed E-state index contributed by atoms with van der Waals surface area (Å²) < 4.78 is 6.61. The van der Waals surface area contributed by atoms with Gasteiger partial charge >= 0.3 is 0 Å². The van der Waals surface area contributed by atoms with E-state index in [0.29, 0.717) is 17.5 Å². The van der Waals surface area contributed by atoms with Crippen LogP contribution in [0.5, 0.6) is 0 Å². The second kappa shape index (κ2) is 13.6. The van der Waals surface area contributed by atoms with E-state index in [1.165, 1.54) is 16.5 Å². The molecule has 4 nitrogen and oxygen atoms in total. The Bertz CT molecular complexity index is 3280. The predicted molar refractivity (Wildman–Crippen MR) is 235 cm³/mol. The SMILES string of the molecule is c1ccc(-c2ccc(-c3nc(-c4ccc5c(c4)oc4cccc(-c6cccc(-c7ccccc7)c6)c45)nc(-c4cc5ccccc5c5ccccc45)n3)cc2)cc1. The molecule has 57 heavy (non-hydrogen) atoms. The summed E-state index contributed by atoms with van der Waals surface area (Å²) in [7, 11) is 0. The third-order valence-electron chi connectivity index (χ3n) is 10.9. The topological polar surface area (TPSA) is 51.8 Å². The van der Waals surface area contributed by atoms with Gasteiger partial charge in [0, 0.05) is 27.5 Å². The fourth-order valence-electron chi connectivity index (χ4n) is 8.14. The number of furan rings is 1. The van der Waals surface area contributed by atoms with Crippen molar-refractivity contribution in [2.24, 2.45) is 0 Å². The van der Waals surface area contributed by atoms with E-state index in [0.717, 1.165) is 77.0 Å². The molecule has 0 amide bonds. The number of hydrogen-bond donors (Lipinski definition) is 0. The van der Waals surface area contributed by atoms with E-state index in [1.807, 2.05) is 18.2 Å². The first-order valence-corrected chi connectivity index (χ1v) is 19.2. The normalized spacial score (nSPS) is 11.5. The number of aromatic nitrogens is 3. The molecule has 2 heterocycles. The second-order valence-corrected chi connectivity index (χ2v) is 14.4. The van der Waals surface area contributed by atoms with Crippen LogP contribution in [0, 0.1) is 0 Å². The molecular formula is C53H33N3O. The van der Waals surface area contributed by atoms with Gasteiger partial charge in [0.05, 0.1) is 0 Å². The zero-order valence-electron chi connectivity index (χ0n) is 30.8. The Morgan fingerprint density at radius 1 is 0.281 bits per heavy atom. The number of rotatable bonds is 6. The van der Waals surface area contributed by atoms with Crippen LogP contribution in [-0.4, -0.2) is 15.0 Å². The fraction of sp³-hybridized carbons (Fsp3) is 0. The molecular weight excluding hydrogens is 695 g/mol. The van der Waals surface area contributed by atoms with E-state index in [9.17, 15) is 0 Å². The van der Waals surface area contributed by atoms with Gasteiger partial charge in [-0.05, 0) is 85.3 Å². The number of hydrogen-bond acceptors (Lipinski definition) is 4. The van der Waals surface area contributed by atoms with Crippen LogP contribution in [0.2, 0.25) is 0 Å². The predicted octanol–water partition coefficient (Wildman–Crippen LogP) is 14.1. The molecule has 0 unspecified atom stereocenters. The highest BCUT2D eigenvalue weighted by molar-refractivity contribution is 6.14. The first kappa shape index (κ1) is 32.7. The van der Waals surface area contributed by atoms with Crippen molar-refractivity contribution in [1.29, 1.82) is 0 Å². The van der Waals surface area contributed by atoms with Crippen LogP contribution in [0.15, 0.2) is 205 Å². The Hall–Kier alpha value is -7.69. The number of fused-ring (bicyclic) bond motifs is 6. The smallest absolute Gasteiger partial charge is 0.164 e. The summed E-state index contributed by atoms with van der Waals surface area (Å²) in [6.07, 6.45) is 0. The molecule has 0 aliphatic rings. The summed E-state index contributed by atoms with van der Waals surface area (Å²) in [5, 5.41) is 6.72. The lowest BCUT2D eigenvalue weighted by atomic mass is 9.95. The van der Waals surface area contributed by atoms with Crippen LogP contribution in [0.1, 0.15) is 0 Å². The van der Waals surface area contributed by atoms with Gasteiger partial charge in [-0.25, -0.2) is 15.0 Å². The maximum absolute atomic E-state index is 6.61. The summed E-state index contributed by atoms with van der Waals surface area (Å²) in [6.45, 7) is 0. The molecule has 0 atom stereocenters. The largest absolute Gasteiger partial charge is 0.456 e. The molecule has 0 bridgehead atoms. The summed E-state index contributed by atoms with van der Waals surface area (Å²) in [4.78, 5) is 15.6. The highest BCUT2D eigenvalue weighted by Gasteiger charge is 2.19.